The maximum absolute atomic E-state index is 11.8. The van der Waals surface area contributed by atoms with Crippen molar-refractivity contribution < 1.29 is 14.3 Å². The zero-order valence-electron chi connectivity index (χ0n) is 12.9. The number of rotatable bonds is 5. The predicted octanol–water partition coefficient (Wildman–Crippen LogP) is 3.25. The summed E-state index contributed by atoms with van der Waals surface area (Å²) in [6.45, 7) is 2.22. The highest BCUT2D eigenvalue weighted by molar-refractivity contribution is 9.10. The number of hydrogen-bond acceptors (Lipinski definition) is 5. The van der Waals surface area contributed by atoms with E-state index in [-0.39, 0.29) is 5.69 Å². The predicted molar refractivity (Wildman–Crippen MR) is 95.3 cm³/mol. The second-order valence-electron chi connectivity index (χ2n) is 4.69. The fourth-order valence-electron chi connectivity index (χ4n) is 1.97. The molecular formula is C15H16BrN3O3S. The first-order valence-electron chi connectivity index (χ1n) is 6.71. The van der Waals surface area contributed by atoms with Crippen molar-refractivity contribution in [1.29, 1.82) is 0 Å². The molecule has 0 aliphatic carbocycles. The summed E-state index contributed by atoms with van der Waals surface area (Å²) in [5.41, 5.74) is 1.20. The van der Waals surface area contributed by atoms with Crippen molar-refractivity contribution in [1.82, 2.24) is 9.78 Å². The van der Waals surface area contributed by atoms with Crippen LogP contribution in [0, 0.1) is 0 Å². The van der Waals surface area contributed by atoms with Gasteiger partial charge in [0.1, 0.15) is 11.6 Å². The number of thiocarbonyl (C=S) groups is 1. The maximum Gasteiger partial charge on any atom is 0.359 e. The van der Waals surface area contributed by atoms with Crippen molar-refractivity contribution >= 4 is 44.9 Å². The Morgan fingerprint density at radius 2 is 2.00 bits per heavy atom. The molecule has 0 saturated carbocycles. The van der Waals surface area contributed by atoms with E-state index in [1.165, 1.54) is 7.11 Å². The molecule has 0 saturated heterocycles. The SMILES string of the molecule is COC(=O)c1nn(Cc2ccc(OC)cc2)c(NC(C)=S)c1Br. The molecule has 0 bridgehead atoms. The van der Waals surface area contributed by atoms with Gasteiger partial charge in [0.2, 0.25) is 0 Å². The van der Waals surface area contributed by atoms with E-state index in [0.717, 1.165) is 11.3 Å². The van der Waals surface area contributed by atoms with Crippen LogP contribution in [-0.4, -0.2) is 35.0 Å². The van der Waals surface area contributed by atoms with Gasteiger partial charge in [0.05, 0.1) is 30.2 Å². The Balaban J connectivity index is 2.38. The Morgan fingerprint density at radius 1 is 1.35 bits per heavy atom. The van der Waals surface area contributed by atoms with Crippen molar-refractivity contribution in [3.05, 3.63) is 40.0 Å². The molecule has 0 unspecified atom stereocenters. The summed E-state index contributed by atoms with van der Waals surface area (Å²) in [5.74, 6) is 0.864. The number of benzene rings is 1. The standard InChI is InChI=1S/C15H16BrN3O3S/c1-9(23)17-14-12(16)13(15(20)22-3)18-19(14)8-10-4-6-11(21-2)7-5-10/h4-7H,8H2,1-3H3,(H,17,23). The van der Waals surface area contributed by atoms with Gasteiger partial charge in [-0.25, -0.2) is 9.48 Å². The summed E-state index contributed by atoms with van der Waals surface area (Å²) in [4.78, 5) is 12.4. The van der Waals surface area contributed by atoms with Crippen LogP contribution in [0.2, 0.25) is 0 Å². The van der Waals surface area contributed by atoms with Gasteiger partial charge < -0.3 is 14.8 Å². The van der Waals surface area contributed by atoms with Gasteiger partial charge in [0, 0.05) is 0 Å². The molecule has 1 aromatic heterocycles. The largest absolute Gasteiger partial charge is 0.497 e. The molecule has 2 aromatic rings. The van der Waals surface area contributed by atoms with Crippen molar-refractivity contribution in [2.24, 2.45) is 0 Å². The highest BCUT2D eigenvalue weighted by atomic mass is 79.9. The van der Waals surface area contributed by atoms with Crippen LogP contribution in [0.1, 0.15) is 23.0 Å². The molecule has 23 heavy (non-hydrogen) atoms. The summed E-state index contributed by atoms with van der Waals surface area (Å²) in [5, 5.41) is 7.35. The summed E-state index contributed by atoms with van der Waals surface area (Å²) < 4.78 is 12.1. The highest BCUT2D eigenvalue weighted by Gasteiger charge is 2.22. The number of halogens is 1. The molecule has 0 aliphatic rings. The van der Waals surface area contributed by atoms with Gasteiger partial charge in [-0.1, -0.05) is 24.4 Å². The van der Waals surface area contributed by atoms with Gasteiger partial charge in [-0.15, -0.1) is 0 Å². The van der Waals surface area contributed by atoms with Crippen LogP contribution in [-0.2, 0) is 11.3 Å². The number of carbonyl (C=O) groups is 1. The average molecular weight is 398 g/mol. The summed E-state index contributed by atoms with van der Waals surface area (Å²) in [6.07, 6.45) is 0. The molecule has 8 heteroatoms. The molecule has 0 radical (unpaired) electrons. The second kappa shape index (κ2) is 7.56. The van der Waals surface area contributed by atoms with E-state index in [9.17, 15) is 4.79 Å². The van der Waals surface area contributed by atoms with Crippen LogP contribution in [0.4, 0.5) is 5.82 Å². The van der Waals surface area contributed by atoms with E-state index in [1.807, 2.05) is 24.3 Å². The molecular weight excluding hydrogens is 382 g/mol. The Hall–Kier alpha value is -1.93. The fourth-order valence-corrected chi connectivity index (χ4v) is 2.61. The molecule has 0 spiro atoms. The number of ether oxygens (including phenoxy) is 2. The van der Waals surface area contributed by atoms with Gasteiger partial charge in [0.15, 0.2) is 5.69 Å². The lowest BCUT2D eigenvalue weighted by Gasteiger charge is -2.09. The molecule has 1 aromatic carbocycles. The lowest BCUT2D eigenvalue weighted by molar-refractivity contribution is 0.0592. The zero-order chi connectivity index (χ0) is 17.0. The topological polar surface area (TPSA) is 65.4 Å². The normalized spacial score (nSPS) is 10.3. The number of anilines is 1. The summed E-state index contributed by atoms with van der Waals surface area (Å²) in [6, 6.07) is 7.60. The van der Waals surface area contributed by atoms with E-state index in [0.29, 0.717) is 21.8 Å². The van der Waals surface area contributed by atoms with Gasteiger partial charge in [0.25, 0.3) is 0 Å². The first kappa shape index (κ1) is 17.4. The number of carbonyl (C=O) groups excluding carboxylic acids is 1. The number of esters is 1. The van der Waals surface area contributed by atoms with Crippen molar-refractivity contribution in [3.8, 4) is 5.75 Å². The molecule has 1 N–H and O–H groups in total. The second-order valence-corrected chi connectivity index (χ2v) is 6.10. The molecule has 122 valence electrons. The van der Waals surface area contributed by atoms with Crippen LogP contribution < -0.4 is 10.1 Å². The lowest BCUT2D eigenvalue weighted by Crippen LogP contribution is -2.12. The average Bonchev–Trinajstić information content (AvgIpc) is 2.83. The number of hydrogen-bond donors (Lipinski definition) is 1. The Bertz CT molecular complexity index is 728. The van der Waals surface area contributed by atoms with Crippen LogP contribution >= 0.6 is 28.1 Å². The van der Waals surface area contributed by atoms with Crippen molar-refractivity contribution in [2.75, 3.05) is 19.5 Å². The van der Waals surface area contributed by atoms with Gasteiger partial charge in [-0.05, 0) is 40.5 Å². The van der Waals surface area contributed by atoms with Gasteiger partial charge in [-0.2, -0.15) is 5.10 Å². The third-order valence-electron chi connectivity index (χ3n) is 3.06. The fraction of sp³-hybridized carbons (Fsp3) is 0.267. The molecule has 6 nitrogen and oxygen atoms in total. The Morgan fingerprint density at radius 3 is 2.52 bits per heavy atom. The number of nitrogens with zero attached hydrogens (tertiary/aromatic N) is 2. The summed E-state index contributed by atoms with van der Waals surface area (Å²) in [7, 11) is 2.93. The quantitative estimate of drug-likeness (QED) is 0.616. The maximum atomic E-state index is 11.8. The summed E-state index contributed by atoms with van der Waals surface area (Å²) >= 11 is 8.47. The molecule has 0 amide bonds. The van der Waals surface area contributed by atoms with Gasteiger partial charge >= 0.3 is 5.97 Å². The van der Waals surface area contributed by atoms with E-state index in [1.54, 1.807) is 18.7 Å². The minimum Gasteiger partial charge on any atom is -0.497 e. The smallest absolute Gasteiger partial charge is 0.359 e. The highest BCUT2D eigenvalue weighted by Crippen LogP contribution is 2.28. The molecule has 1 heterocycles. The van der Waals surface area contributed by atoms with Gasteiger partial charge in [-0.3, -0.25) is 0 Å². The third kappa shape index (κ3) is 4.08. The monoisotopic (exact) mass is 397 g/mol. The number of methoxy groups -OCH3 is 2. The molecule has 0 atom stereocenters. The van der Waals surface area contributed by atoms with Crippen LogP contribution in [0.5, 0.6) is 5.75 Å². The van der Waals surface area contributed by atoms with Crippen LogP contribution in [0.25, 0.3) is 0 Å². The van der Waals surface area contributed by atoms with Crippen LogP contribution in [0.15, 0.2) is 28.7 Å². The lowest BCUT2D eigenvalue weighted by atomic mass is 10.2. The third-order valence-corrected chi connectivity index (χ3v) is 3.91. The Kier molecular flexibility index (Phi) is 5.73. The van der Waals surface area contributed by atoms with Crippen molar-refractivity contribution in [3.63, 3.8) is 0 Å². The zero-order valence-corrected chi connectivity index (χ0v) is 15.3. The molecule has 0 aliphatic heterocycles. The van der Waals surface area contributed by atoms with Crippen LogP contribution in [0.3, 0.4) is 0 Å². The molecule has 2 rings (SSSR count). The number of nitrogens with one attached hydrogen (secondary N) is 1. The van der Waals surface area contributed by atoms with Crippen molar-refractivity contribution in [2.45, 2.75) is 13.5 Å². The number of aromatic nitrogens is 2. The first-order chi connectivity index (χ1) is 11.0. The Labute approximate surface area is 147 Å². The molecule has 0 fully saturated rings. The first-order valence-corrected chi connectivity index (χ1v) is 7.91. The van der Waals surface area contributed by atoms with E-state index < -0.39 is 5.97 Å². The minimum atomic E-state index is -0.518. The van der Waals surface area contributed by atoms with E-state index in [2.05, 4.69) is 26.3 Å². The minimum absolute atomic E-state index is 0.194. The van der Waals surface area contributed by atoms with E-state index >= 15 is 0 Å². The van der Waals surface area contributed by atoms with E-state index in [4.69, 9.17) is 21.7 Å².